The third kappa shape index (κ3) is 3.76. The van der Waals surface area contributed by atoms with Crippen molar-refractivity contribution in [3.05, 3.63) is 0 Å². The lowest BCUT2D eigenvalue weighted by Crippen LogP contribution is -2.23. The summed E-state index contributed by atoms with van der Waals surface area (Å²) in [6.07, 6.45) is -0.180. The average Bonchev–Trinajstić information content (AvgIpc) is 2.03. The van der Waals surface area contributed by atoms with Crippen molar-refractivity contribution in [1.29, 1.82) is 0 Å². The zero-order valence-corrected chi connectivity index (χ0v) is 7.01. The molecule has 0 radical (unpaired) electrons. The van der Waals surface area contributed by atoms with E-state index in [1.54, 1.807) is 0 Å². The molecule has 0 spiro atoms. The van der Waals surface area contributed by atoms with Crippen LogP contribution in [-0.2, 0) is 14.3 Å². The van der Waals surface area contributed by atoms with Crippen molar-refractivity contribution in [3.8, 4) is 11.8 Å². The monoisotopic (exact) mass is 156 g/mol. The summed E-state index contributed by atoms with van der Waals surface area (Å²) in [6.45, 7) is 1.87. The van der Waals surface area contributed by atoms with Crippen molar-refractivity contribution in [1.82, 2.24) is 0 Å². The molecule has 0 bridgehead atoms. The van der Waals surface area contributed by atoms with Gasteiger partial charge in [-0.05, 0) is 5.92 Å². The van der Waals surface area contributed by atoms with Crippen molar-refractivity contribution in [3.63, 3.8) is 0 Å². The van der Waals surface area contributed by atoms with E-state index in [1.165, 1.54) is 14.2 Å². The van der Waals surface area contributed by atoms with Crippen LogP contribution in [0.1, 0.15) is 13.3 Å². The Morgan fingerprint density at radius 1 is 1.45 bits per heavy atom. The third-order valence-electron chi connectivity index (χ3n) is 1.03. The molecule has 0 aromatic carbocycles. The Balaban J connectivity index is 3.99. The standard InChI is InChI=1S/C8H12O3/c1-4-5-6-7(9)8(10-2)11-3/h8H,4H2,1-3H3. The molecule has 0 atom stereocenters. The van der Waals surface area contributed by atoms with Crippen LogP contribution in [0.5, 0.6) is 0 Å². The van der Waals surface area contributed by atoms with Gasteiger partial charge in [-0.2, -0.15) is 0 Å². The molecule has 0 aromatic rings. The van der Waals surface area contributed by atoms with E-state index in [1.807, 2.05) is 6.92 Å². The minimum absolute atomic E-state index is 0.336. The van der Waals surface area contributed by atoms with Gasteiger partial charge in [0.25, 0.3) is 5.78 Å². The zero-order chi connectivity index (χ0) is 8.69. The molecule has 0 aliphatic heterocycles. The minimum atomic E-state index is -0.839. The average molecular weight is 156 g/mol. The highest BCUT2D eigenvalue weighted by molar-refractivity contribution is 5.98. The lowest BCUT2D eigenvalue weighted by molar-refractivity contribution is -0.150. The molecule has 3 heteroatoms. The molecule has 0 unspecified atom stereocenters. The second kappa shape index (κ2) is 5.90. The molecule has 0 rings (SSSR count). The first kappa shape index (κ1) is 10.2. The Labute approximate surface area is 66.7 Å². The largest absolute Gasteiger partial charge is 0.349 e. The molecule has 0 aliphatic rings. The molecule has 0 amide bonds. The Hall–Kier alpha value is -0.850. The highest BCUT2D eigenvalue weighted by Gasteiger charge is 2.12. The molecule has 0 saturated carbocycles. The lowest BCUT2D eigenvalue weighted by Gasteiger charge is -2.06. The normalized spacial score (nSPS) is 9.09. The first-order valence-corrected chi connectivity index (χ1v) is 3.34. The molecular weight excluding hydrogens is 144 g/mol. The van der Waals surface area contributed by atoms with Gasteiger partial charge in [-0.1, -0.05) is 12.8 Å². The summed E-state index contributed by atoms with van der Waals surface area (Å²) in [5.41, 5.74) is 0. The van der Waals surface area contributed by atoms with Gasteiger partial charge in [0.2, 0.25) is 6.29 Å². The molecule has 0 saturated heterocycles. The quantitative estimate of drug-likeness (QED) is 0.341. The molecule has 62 valence electrons. The van der Waals surface area contributed by atoms with Crippen molar-refractivity contribution in [2.24, 2.45) is 0 Å². The number of Topliss-reactive ketones (excluding diaryl/α,β-unsaturated/α-hetero) is 1. The molecule has 3 nitrogen and oxygen atoms in total. The first-order chi connectivity index (χ1) is 5.26. The van der Waals surface area contributed by atoms with Crippen LogP contribution in [0.2, 0.25) is 0 Å². The van der Waals surface area contributed by atoms with E-state index in [-0.39, 0.29) is 5.78 Å². The summed E-state index contributed by atoms with van der Waals surface area (Å²) in [4.78, 5) is 10.9. The van der Waals surface area contributed by atoms with Crippen LogP contribution in [0.15, 0.2) is 0 Å². The maximum absolute atomic E-state index is 10.9. The zero-order valence-electron chi connectivity index (χ0n) is 7.01. The Morgan fingerprint density at radius 3 is 2.36 bits per heavy atom. The van der Waals surface area contributed by atoms with Crippen LogP contribution in [0, 0.1) is 11.8 Å². The number of ether oxygens (including phenoxy) is 2. The topological polar surface area (TPSA) is 35.5 Å². The first-order valence-electron chi connectivity index (χ1n) is 3.34. The predicted octanol–water partition coefficient (Wildman–Crippen LogP) is 0.588. The van der Waals surface area contributed by atoms with Crippen LogP contribution in [0.3, 0.4) is 0 Å². The smallest absolute Gasteiger partial charge is 0.261 e. The van der Waals surface area contributed by atoms with E-state index in [0.29, 0.717) is 6.42 Å². The Morgan fingerprint density at radius 2 is 2.00 bits per heavy atom. The van der Waals surface area contributed by atoms with E-state index in [4.69, 9.17) is 0 Å². The van der Waals surface area contributed by atoms with Gasteiger partial charge in [0.1, 0.15) is 0 Å². The van der Waals surface area contributed by atoms with Gasteiger partial charge < -0.3 is 9.47 Å². The number of carbonyl (C=O) groups excluding carboxylic acids is 1. The summed E-state index contributed by atoms with van der Waals surface area (Å²) in [6, 6.07) is 0. The Kier molecular flexibility index (Phi) is 5.44. The van der Waals surface area contributed by atoms with Gasteiger partial charge in [0.05, 0.1) is 0 Å². The van der Waals surface area contributed by atoms with Gasteiger partial charge in [0.15, 0.2) is 0 Å². The maximum atomic E-state index is 10.9. The lowest BCUT2D eigenvalue weighted by atomic mass is 10.3. The SMILES string of the molecule is CCC#CC(=O)C(OC)OC. The number of hydrogen-bond donors (Lipinski definition) is 0. The van der Waals surface area contributed by atoms with Crippen LogP contribution in [0.25, 0.3) is 0 Å². The number of carbonyl (C=O) groups is 1. The van der Waals surface area contributed by atoms with E-state index < -0.39 is 6.29 Å². The molecule has 0 aromatic heterocycles. The van der Waals surface area contributed by atoms with Crippen molar-refractivity contribution in [2.45, 2.75) is 19.6 Å². The fourth-order valence-corrected chi connectivity index (χ4v) is 0.545. The number of rotatable bonds is 3. The summed E-state index contributed by atoms with van der Waals surface area (Å²) in [5.74, 6) is 4.70. The van der Waals surface area contributed by atoms with Gasteiger partial charge in [-0.25, -0.2) is 0 Å². The molecule has 11 heavy (non-hydrogen) atoms. The fraction of sp³-hybridized carbons (Fsp3) is 0.625. The summed E-state index contributed by atoms with van der Waals surface area (Å²) >= 11 is 0. The predicted molar refractivity (Wildman–Crippen MR) is 40.9 cm³/mol. The molecule has 0 N–H and O–H groups in total. The van der Waals surface area contributed by atoms with E-state index in [9.17, 15) is 4.79 Å². The number of methoxy groups -OCH3 is 2. The maximum Gasteiger partial charge on any atom is 0.261 e. The van der Waals surface area contributed by atoms with E-state index >= 15 is 0 Å². The molecular formula is C8H12O3. The summed E-state index contributed by atoms with van der Waals surface area (Å²) in [7, 11) is 2.80. The van der Waals surface area contributed by atoms with Gasteiger partial charge >= 0.3 is 0 Å². The van der Waals surface area contributed by atoms with Crippen molar-refractivity contribution >= 4 is 5.78 Å². The van der Waals surface area contributed by atoms with Crippen LogP contribution in [-0.4, -0.2) is 26.3 Å². The van der Waals surface area contributed by atoms with Gasteiger partial charge in [-0.15, -0.1) is 0 Å². The summed E-state index contributed by atoms with van der Waals surface area (Å²) < 4.78 is 9.37. The second-order valence-electron chi connectivity index (χ2n) is 1.82. The molecule has 0 heterocycles. The fourth-order valence-electron chi connectivity index (χ4n) is 0.545. The van der Waals surface area contributed by atoms with Gasteiger partial charge in [0, 0.05) is 20.6 Å². The summed E-state index contributed by atoms with van der Waals surface area (Å²) in [5, 5.41) is 0. The number of ketones is 1. The minimum Gasteiger partial charge on any atom is -0.349 e. The molecule has 0 fully saturated rings. The van der Waals surface area contributed by atoms with Crippen LogP contribution >= 0.6 is 0 Å². The highest BCUT2D eigenvalue weighted by Crippen LogP contribution is 1.91. The van der Waals surface area contributed by atoms with Crippen LogP contribution < -0.4 is 0 Å². The third-order valence-corrected chi connectivity index (χ3v) is 1.03. The second-order valence-corrected chi connectivity index (χ2v) is 1.82. The molecule has 0 aliphatic carbocycles. The Bertz CT molecular complexity index is 172. The van der Waals surface area contributed by atoms with Gasteiger partial charge in [-0.3, -0.25) is 4.79 Å². The van der Waals surface area contributed by atoms with Crippen molar-refractivity contribution in [2.75, 3.05) is 14.2 Å². The highest BCUT2D eigenvalue weighted by atomic mass is 16.7. The number of hydrogen-bond acceptors (Lipinski definition) is 3. The van der Waals surface area contributed by atoms with E-state index in [2.05, 4.69) is 21.3 Å². The van der Waals surface area contributed by atoms with E-state index in [0.717, 1.165) is 0 Å². The van der Waals surface area contributed by atoms with Crippen LogP contribution in [0.4, 0.5) is 0 Å². The van der Waals surface area contributed by atoms with Crippen molar-refractivity contribution < 1.29 is 14.3 Å².